The Kier molecular flexibility index (Phi) is 10.2. The molecule has 1 aromatic carbocycles. The Labute approximate surface area is 122 Å². The van der Waals surface area contributed by atoms with E-state index in [0.717, 1.165) is 18.4 Å². The Hall–Kier alpha value is -1.17. The van der Waals surface area contributed by atoms with Gasteiger partial charge in [0.1, 0.15) is 0 Å². The maximum Gasteiger partial charge on any atom is 0.330 e. The van der Waals surface area contributed by atoms with Crippen LogP contribution in [0.2, 0.25) is 0 Å². The van der Waals surface area contributed by atoms with Crippen LogP contribution in [0.1, 0.15) is 25.3 Å². The molecule has 0 aliphatic rings. The zero-order valence-electron chi connectivity index (χ0n) is 10.7. The van der Waals surface area contributed by atoms with Crippen LogP contribution < -0.4 is 0 Å². The van der Waals surface area contributed by atoms with Crippen molar-refractivity contribution in [3.8, 4) is 0 Å². The topological polar surface area (TPSA) is 50.1 Å². The molecule has 0 radical (unpaired) electrons. The quantitative estimate of drug-likeness (QED) is 0.384. The minimum atomic E-state index is -0.335. The van der Waals surface area contributed by atoms with E-state index in [0.29, 0.717) is 0 Å². The summed E-state index contributed by atoms with van der Waals surface area (Å²) in [5.74, 6) is -0.335. The van der Waals surface area contributed by atoms with E-state index in [-0.39, 0.29) is 5.97 Å². The van der Waals surface area contributed by atoms with Gasteiger partial charge in [0.15, 0.2) is 0 Å². The number of esters is 1. The second kappa shape index (κ2) is 11.0. The molecule has 0 atom stereocenters. The van der Waals surface area contributed by atoms with Gasteiger partial charge >= 0.3 is 5.97 Å². The Balaban J connectivity index is 0.000000494. The van der Waals surface area contributed by atoms with Gasteiger partial charge in [-0.15, -0.1) is 0 Å². The largest absolute Gasteiger partial charge is 0.466 e. The highest BCUT2D eigenvalue weighted by atomic mass is 127. The van der Waals surface area contributed by atoms with Gasteiger partial charge in [-0.3, -0.25) is 0 Å². The third-order valence-electron chi connectivity index (χ3n) is 1.92. The Morgan fingerprint density at radius 3 is 2.39 bits per heavy atom. The fourth-order valence-electron chi connectivity index (χ4n) is 0.951. The molecule has 0 aliphatic carbocycles. The molecule has 0 heterocycles. The summed E-state index contributed by atoms with van der Waals surface area (Å²) in [7, 11) is 1.36. The summed E-state index contributed by atoms with van der Waals surface area (Å²) in [6, 6.07) is 7.86. The first kappa shape index (κ1) is 16.8. The van der Waals surface area contributed by atoms with E-state index in [1.807, 2.05) is 24.3 Å². The number of methoxy groups -OCH3 is 1. The number of unbranched alkanes of at least 4 members (excludes halogenated alkanes) is 1. The van der Waals surface area contributed by atoms with Crippen LogP contribution in [0, 0.1) is 8.98 Å². The van der Waals surface area contributed by atoms with Gasteiger partial charge in [-0.25, -0.2) is 4.79 Å². The molecule has 0 spiro atoms. The number of halogens is 1. The zero-order valence-corrected chi connectivity index (χ0v) is 12.8. The second-order valence-corrected chi connectivity index (χ2v) is 4.65. The van der Waals surface area contributed by atoms with E-state index in [1.165, 1.54) is 23.0 Å². The number of hydrogen-bond acceptors (Lipinski definition) is 3. The normalized spacial score (nSPS) is 9.50. The van der Waals surface area contributed by atoms with Gasteiger partial charge in [0.25, 0.3) is 0 Å². The molecule has 0 bridgehead atoms. The lowest BCUT2D eigenvalue weighted by Crippen LogP contribution is -1.93. The molecular weight excluding hydrogens is 341 g/mol. The number of hydrogen-bond donors (Lipinski definition) is 1. The third kappa shape index (κ3) is 8.92. The molecule has 0 saturated carbocycles. The van der Waals surface area contributed by atoms with Gasteiger partial charge in [0, 0.05) is 9.65 Å². The number of ether oxygens (including phenoxy) is 1. The molecule has 0 fully saturated rings. The predicted molar refractivity (Wildman–Crippen MR) is 83.9 cm³/mol. The van der Waals surface area contributed by atoms with Crippen LogP contribution in [-0.4, -0.2) is 19.3 Å². The molecule has 98 valence electrons. The maximum atomic E-state index is 10.7. The molecule has 18 heavy (non-hydrogen) atoms. The number of carbonyl (C=O) groups excluding carboxylic acids is 1. The van der Waals surface area contributed by atoms with Crippen LogP contribution >= 0.6 is 22.6 Å². The lowest BCUT2D eigenvalue weighted by Gasteiger charge is -1.93. The summed E-state index contributed by atoms with van der Waals surface area (Å²) in [5.41, 5.74) is 0.991. The van der Waals surface area contributed by atoms with Gasteiger partial charge in [-0.1, -0.05) is 25.5 Å². The summed E-state index contributed by atoms with van der Waals surface area (Å²) in [4.78, 5) is 10.7. The van der Waals surface area contributed by atoms with Crippen LogP contribution in [0.25, 0.3) is 6.08 Å². The van der Waals surface area contributed by atoms with Crippen LogP contribution in [0.4, 0.5) is 0 Å². The van der Waals surface area contributed by atoms with Crippen LogP contribution in [0.5, 0.6) is 0 Å². The Morgan fingerprint density at radius 2 is 2.00 bits per heavy atom. The SMILES string of the molecule is CCCC=N.COC(=O)/C=C\c1ccc(I)cc1. The first-order valence-corrected chi connectivity index (χ1v) is 6.72. The van der Waals surface area contributed by atoms with Crippen molar-refractivity contribution in [2.24, 2.45) is 0 Å². The van der Waals surface area contributed by atoms with Crippen LogP contribution in [-0.2, 0) is 9.53 Å². The molecule has 3 nitrogen and oxygen atoms in total. The molecule has 0 unspecified atom stereocenters. The van der Waals surface area contributed by atoms with E-state index in [1.54, 1.807) is 6.08 Å². The van der Waals surface area contributed by atoms with Crippen molar-refractivity contribution >= 4 is 40.9 Å². The summed E-state index contributed by atoms with van der Waals surface area (Å²) in [5, 5.41) is 6.48. The maximum absolute atomic E-state index is 10.7. The summed E-state index contributed by atoms with van der Waals surface area (Å²) < 4.78 is 5.64. The van der Waals surface area contributed by atoms with E-state index in [2.05, 4.69) is 34.3 Å². The van der Waals surface area contributed by atoms with Crippen molar-refractivity contribution in [2.75, 3.05) is 7.11 Å². The molecule has 0 aromatic heterocycles. The van der Waals surface area contributed by atoms with E-state index in [4.69, 9.17) is 5.41 Å². The fraction of sp³-hybridized carbons (Fsp3) is 0.286. The molecular formula is C14H18INO2. The lowest BCUT2D eigenvalue weighted by molar-refractivity contribution is -0.134. The summed E-state index contributed by atoms with van der Waals surface area (Å²) in [6.07, 6.45) is 6.59. The van der Waals surface area contributed by atoms with Crippen molar-refractivity contribution in [3.05, 3.63) is 39.5 Å². The van der Waals surface area contributed by atoms with Crippen molar-refractivity contribution in [1.82, 2.24) is 0 Å². The molecule has 1 aromatic rings. The Morgan fingerprint density at radius 1 is 1.39 bits per heavy atom. The van der Waals surface area contributed by atoms with E-state index in [9.17, 15) is 4.79 Å². The predicted octanol–water partition coefficient (Wildman–Crippen LogP) is 3.91. The van der Waals surface area contributed by atoms with Crippen molar-refractivity contribution < 1.29 is 9.53 Å². The van der Waals surface area contributed by atoms with Gasteiger partial charge in [-0.05, 0) is 59.0 Å². The minimum Gasteiger partial charge on any atom is -0.466 e. The second-order valence-electron chi connectivity index (χ2n) is 3.40. The molecule has 1 N–H and O–H groups in total. The Bertz CT molecular complexity index is 385. The molecule has 0 amide bonds. The smallest absolute Gasteiger partial charge is 0.330 e. The fourth-order valence-corrected chi connectivity index (χ4v) is 1.31. The molecule has 0 saturated heterocycles. The van der Waals surface area contributed by atoms with Gasteiger partial charge < -0.3 is 10.1 Å². The van der Waals surface area contributed by atoms with Gasteiger partial charge in [0.05, 0.1) is 7.11 Å². The number of rotatable bonds is 4. The highest BCUT2D eigenvalue weighted by Gasteiger charge is 1.91. The van der Waals surface area contributed by atoms with Crippen molar-refractivity contribution in [1.29, 1.82) is 5.41 Å². The van der Waals surface area contributed by atoms with Crippen LogP contribution in [0.3, 0.4) is 0 Å². The van der Waals surface area contributed by atoms with Gasteiger partial charge in [0.2, 0.25) is 0 Å². The van der Waals surface area contributed by atoms with Crippen molar-refractivity contribution in [2.45, 2.75) is 19.8 Å². The minimum absolute atomic E-state index is 0.335. The first-order chi connectivity index (χ1) is 8.63. The lowest BCUT2D eigenvalue weighted by atomic mass is 10.2. The molecule has 1 rings (SSSR count). The molecule has 4 heteroatoms. The molecule has 0 aliphatic heterocycles. The monoisotopic (exact) mass is 359 g/mol. The summed E-state index contributed by atoms with van der Waals surface area (Å²) >= 11 is 2.23. The number of benzene rings is 1. The standard InChI is InChI=1S/C10H9IO2.C4H9N/c1-13-10(12)7-4-8-2-5-9(11)6-3-8;1-2-3-4-5/h2-7H,1H3;4-5H,2-3H2,1H3/b7-4-;. The third-order valence-corrected chi connectivity index (χ3v) is 2.64. The van der Waals surface area contributed by atoms with Gasteiger partial charge in [-0.2, -0.15) is 0 Å². The number of nitrogens with one attached hydrogen (secondary N) is 1. The zero-order chi connectivity index (χ0) is 13.8. The van der Waals surface area contributed by atoms with Crippen LogP contribution in [0.15, 0.2) is 30.3 Å². The average Bonchev–Trinajstić information content (AvgIpc) is 2.39. The average molecular weight is 359 g/mol. The number of carbonyl (C=O) groups is 1. The highest BCUT2D eigenvalue weighted by Crippen LogP contribution is 2.07. The highest BCUT2D eigenvalue weighted by molar-refractivity contribution is 14.1. The van der Waals surface area contributed by atoms with E-state index >= 15 is 0 Å². The first-order valence-electron chi connectivity index (χ1n) is 5.64. The van der Waals surface area contributed by atoms with E-state index < -0.39 is 0 Å². The van der Waals surface area contributed by atoms with Crippen molar-refractivity contribution in [3.63, 3.8) is 0 Å². The summed E-state index contributed by atoms with van der Waals surface area (Å²) in [6.45, 7) is 2.06.